The van der Waals surface area contributed by atoms with Gasteiger partial charge in [0.05, 0.1) is 0 Å². The highest BCUT2D eigenvalue weighted by Crippen LogP contribution is 2.09. The summed E-state index contributed by atoms with van der Waals surface area (Å²) in [6, 6.07) is 0. The molecule has 0 amide bonds. The second-order valence-corrected chi connectivity index (χ2v) is 2.00. The van der Waals surface area contributed by atoms with Gasteiger partial charge in [-0.05, 0) is 13.8 Å². The molecule has 0 saturated heterocycles. The van der Waals surface area contributed by atoms with Crippen LogP contribution in [0.3, 0.4) is 0 Å². The highest BCUT2D eigenvalue weighted by atomic mass is 17.2. The molecule has 0 aromatic heterocycles. The molecule has 0 aromatic rings. The molecule has 0 fully saturated rings. The molecule has 9 heavy (non-hydrogen) atoms. The molecule has 0 N–H and O–H groups in total. The summed E-state index contributed by atoms with van der Waals surface area (Å²) >= 11 is 0. The summed E-state index contributed by atoms with van der Waals surface area (Å²) < 4.78 is 0. The lowest BCUT2D eigenvalue weighted by molar-refractivity contribution is -0.277. The van der Waals surface area contributed by atoms with Crippen LogP contribution in [-0.2, 0) is 14.6 Å². The van der Waals surface area contributed by atoms with Gasteiger partial charge in [0.25, 0.3) is 0 Å². The van der Waals surface area contributed by atoms with Crippen molar-refractivity contribution >= 4 is 5.78 Å². The molecule has 1 atom stereocenters. The van der Waals surface area contributed by atoms with E-state index in [4.69, 9.17) is 0 Å². The summed E-state index contributed by atoms with van der Waals surface area (Å²) in [4.78, 5) is 19.9. The Bertz CT molecular complexity index is 160. The molecule has 0 aliphatic carbocycles. The number of rotatable bonds is 0. The number of hydrogen-bond acceptors (Lipinski definition) is 3. The van der Waals surface area contributed by atoms with Gasteiger partial charge < -0.3 is 4.89 Å². The topological polar surface area (TPSA) is 35.5 Å². The minimum absolute atomic E-state index is 0.0127. The Balaban J connectivity index is 2.74. The van der Waals surface area contributed by atoms with Crippen LogP contribution in [0.15, 0.2) is 11.8 Å². The Morgan fingerprint density at radius 1 is 1.67 bits per heavy atom. The maximum atomic E-state index is 10.9. The van der Waals surface area contributed by atoms with Crippen LogP contribution in [-0.4, -0.2) is 11.9 Å². The van der Waals surface area contributed by atoms with Gasteiger partial charge in [-0.1, -0.05) is 0 Å². The van der Waals surface area contributed by atoms with Gasteiger partial charge in [0, 0.05) is 5.57 Å². The number of ketones is 1. The van der Waals surface area contributed by atoms with Crippen molar-refractivity contribution in [2.24, 2.45) is 0 Å². The fourth-order valence-electron chi connectivity index (χ4n) is 0.606. The standard InChI is InChI=1S/C6H8O3/c1-4-3-8-9-5(2)6(4)7/h3,5H,1-2H3. The number of Topliss-reactive ketones (excluding diaryl/α,β-unsaturated/α-hetero) is 1. The van der Waals surface area contributed by atoms with Crippen LogP contribution in [0, 0.1) is 0 Å². The summed E-state index contributed by atoms with van der Waals surface area (Å²) in [5, 5.41) is 0. The van der Waals surface area contributed by atoms with E-state index in [2.05, 4.69) is 9.78 Å². The lowest BCUT2D eigenvalue weighted by Crippen LogP contribution is -2.24. The van der Waals surface area contributed by atoms with E-state index in [9.17, 15) is 4.79 Å². The Labute approximate surface area is 53.2 Å². The molecule has 0 saturated carbocycles. The van der Waals surface area contributed by atoms with E-state index in [-0.39, 0.29) is 5.78 Å². The molecule has 3 nitrogen and oxygen atoms in total. The first-order chi connectivity index (χ1) is 4.22. The Morgan fingerprint density at radius 2 is 2.33 bits per heavy atom. The Morgan fingerprint density at radius 3 is 2.78 bits per heavy atom. The monoisotopic (exact) mass is 128 g/mol. The van der Waals surface area contributed by atoms with E-state index in [1.54, 1.807) is 13.8 Å². The molecule has 0 radical (unpaired) electrons. The van der Waals surface area contributed by atoms with E-state index < -0.39 is 6.10 Å². The molecule has 0 aromatic carbocycles. The fraction of sp³-hybridized carbons (Fsp3) is 0.500. The maximum Gasteiger partial charge on any atom is 0.194 e. The van der Waals surface area contributed by atoms with Gasteiger partial charge in [-0.2, -0.15) is 4.89 Å². The normalized spacial score (nSPS) is 27.1. The van der Waals surface area contributed by atoms with E-state index in [0.29, 0.717) is 5.57 Å². The van der Waals surface area contributed by atoms with Crippen molar-refractivity contribution in [1.29, 1.82) is 0 Å². The molecule has 1 heterocycles. The molecule has 1 rings (SSSR count). The molecule has 50 valence electrons. The van der Waals surface area contributed by atoms with Gasteiger partial charge in [0.2, 0.25) is 0 Å². The first-order valence-electron chi connectivity index (χ1n) is 2.75. The molecular weight excluding hydrogens is 120 g/mol. The third kappa shape index (κ3) is 1.10. The van der Waals surface area contributed by atoms with Crippen LogP contribution < -0.4 is 0 Å². The van der Waals surface area contributed by atoms with E-state index in [0.717, 1.165) is 0 Å². The minimum atomic E-state index is -0.449. The summed E-state index contributed by atoms with van der Waals surface area (Å²) in [5.74, 6) is -0.0127. The van der Waals surface area contributed by atoms with Gasteiger partial charge >= 0.3 is 0 Å². The smallest absolute Gasteiger partial charge is 0.194 e. The number of hydrogen-bond donors (Lipinski definition) is 0. The van der Waals surface area contributed by atoms with Crippen LogP contribution in [0.5, 0.6) is 0 Å². The summed E-state index contributed by atoms with van der Waals surface area (Å²) in [7, 11) is 0. The molecule has 1 aliphatic heterocycles. The summed E-state index contributed by atoms with van der Waals surface area (Å²) in [6.07, 6.45) is 0.859. The first-order valence-corrected chi connectivity index (χ1v) is 2.75. The van der Waals surface area contributed by atoms with Crippen LogP contribution >= 0.6 is 0 Å². The predicted molar refractivity (Wildman–Crippen MR) is 30.4 cm³/mol. The fourth-order valence-corrected chi connectivity index (χ4v) is 0.606. The average molecular weight is 128 g/mol. The number of carbonyl (C=O) groups excluding carboxylic acids is 1. The zero-order valence-corrected chi connectivity index (χ0v) is 5.38. The van der Waals surface area contributed by atoms with Gasteiger partial charge in [0.1, 0.15) is 6.26 Å². The molecule has 1 unspecified atom stereocenters. The summed E-state index contributed by atoms with van der Waals surface area (Å²) in [5.41, 5.74) is 0.605. The van der Waals surface area contributed by atoms with Crippen LogP contribution in [0.1, 0.15) is 13.8 Å². The van der Waals surface area contributed by atoms with Crippen LogP contribution in [0.2, 0.25) is 0 Å². The average Bonchev–Trinajstić information content (AvgIpc) is 1.83. The van der Waals surface area contributed by atoms with Crippen molar-refractivity contribution in [2.45, 2.75) is 20.0 Å². The number of carbonyl (C=O) groups is 1. The first kappa shape index (κ1) is 6.29. The molecule has 0 bridgehead atoms. The van der Waals surface area contributed by atoms with Crippen molar-refractivity contribution in [3.8, 4) is 0 Å². The van der Waals surface area contributed by atoms with E-state index in [1.165, 1.54) is 6.26 Å². The molecule has 0 spiro atoms. The summed E-state index contributed by atoms with van der Waals surface area (Å²) in [6.45, 7) is 3.35. The van der Waals surface area contributed by atoms with Crippen molar-refractivity contribution < 1.29 is 14.6 Å². The van der Waals surface area contributed by atoms with Crippen molar-refractivity contribution in [2.75, 3.05) is 0 Å². The van der Waals surface area contributed by atoms with Gasteiger partial charge in [-0.15, -0.1) is 0 Å². The van der Waals surface area contributed by atoms with E-state index in [1.807, 2.05) is 0 Å². The Hall–Kier alpha value is -0.830. The second kappa shape index (κ2) is 2.19. The van der Waals surface area contributed by atoms with Crippen molar-refractivity contribution in [3.63, 3.8) is 0 Å². The highest BCUT2D eigenvalue weighted by Gasteiger charge is 2.20. The SMILES string of the molecule is CC1=COOC(C)C1=O. The van der Waals surface area contributed by atoms with Crippen LogP contribution in [0.25, 0.3) is 0 Å². The largest absolute Gasteiger partial charge is 0.344 e. The van der Waals surface area contributed by atoms with Gasteiger partial charge in [-0.25, -0.2) is 0 Å². The van der Waals surface area contributed by atoms with Crippen molar-refractivity contribution in [3.05, 3.63) is 11.8 Å². The zero-order valence-electron chi connectivity index (χ0n) is 5.38. The van der Waals surface area contributed by atoms with Crippen LogP contribution in [0.4, 0.5) is 0 Å². The predicted octanol–water partition coefficient (Wildman–Crippen LogP) is 0.810. The third-order valence-electron chi connectivity index (χ3n) is 1.18. The molecule has 3 heteroatoms. The highest BCUT2D eigenvalue weighted by molar-refractivity contribution is 5.98. The van der Waals surface area contributed by atoms with E-state index >= 15 is 0 Å². The maximum absolute atomic E-state index is 10.9. The molecule has 1 aliphatic rings. The lowest BCUT2D eigenvalue weighted by Gasteiger charge is -2.14. The van der Waals surface area contributed by atoms with Gasteiger partial charge in [-0.3, -0.25) is 4.79 Å². The molecular formula is C6H8O3. The lowest BCUT2D eigenvalue weighted by atomic mass is 10.1. The van der Waals surface area contributed by atoms with Crippen molar-refractivity contribution in [1.82, 2.24) is 0 Å². The Kier molecular flexibility index (Phi) is 1.53. The minimum Gasteiger partial charge on any atom is -0.344 e. The quantitative estimate of drug-likeness (QED) is 0.453. The second-order valence-electron chi connectivity index (χ2n) is 2.00. The zero-order chi connectivity index (χ0) is 6.85. The van der Waals surface area contributed by atoms with Gasteiger partial charge in [0.15, 0.2) is 11.9 Å². The third-order valence-corrected chi connectivity index (χ3v) is 1.18.